The molecule has 30 heavy (non-hydrogen) atoms. The van der Waals surface area contributed by atoms with Gasteiger partial charge in [-0.2, -0.15) is 8.78 Å². The van der Waals surface area contributed by atoms with E-state index in [2.05, 4.69) is 11.8 Å². The number of nitrogens with zero attached hydrogens (tertiary/aromatic N) is 1. The molecule has 0 bridgehead atoms. The van der Waals surface area contributed by atoms with Crippen LogP contribution < -0.4 is 0 Å². The molecule has 0 spiro atoms. The predicted octanol–water partition coefficient (Wildman–Crippen LogP) is 3.83. The Hall–Kier alpha value is -1.85. The largest absolute Gasteiger partial charge is 0.480 e. The normalized spacial score (nSPS) is 25.2. The first-order chi connectivity index (χ1) is 14.2. The number of aliphatic hydroxyl groups excluding tert-OH is 1. The van der Waals surface area contributed by atoms with E-state index < -0.39 is 41.6 Å². The number of carbonyl (C=O) groups is 2. The average molecular weight is 442 g/mol. The summed E-state index contributed by atoms with van der Waals surface area (Å²) in [7, 11) is 0. The molecule has 0 aromatic heterocycles. The van der Waals surface area contributed by atoms with Crippen molar-refractivity contribution in [3.05, 3.63) is 23.1 Å². The van der Waals surface area contributed by atoms with Crippen molar-refractivity contribution in [2.45, 2.75) is 75.7 Å². The highest BCUT2D eigenvalue weighted by Gasteiger charge is 2.52. The Bertz CT molecular complexity index is 756. The Kier molecular flexibility index (Phi) is 8.92. The number of halogens is 2. The Morgan fingerprint density at radius 2 is 2.20 bits per heavy atom. The van der Waals surface area contributed by atoms with Crippen LogP contribution >= 0.6 is 11.8 Å². The second-order valence-electron chi connectivity index (χ2n) is 7.69. The Balaban J connectivity index is 1.92. The standard InChI is InChI=1S/C22H29F2NO4S/c1-3-4-5-7-15(2)18(26)11-9-16-14-22(23,24)21(29)25(16)13-6-8-17-10-12-19(30-17)20(27)28/h9-11,15-16,18-19,26H,3,6-8,12-14H2,1-2H3,(H,27,28)/b11-9+/t15-,16-,18+,19?/m0/s1. The van der Waals surface area contributed by atoms with Crippen molar-refractivity contribution in [3.63, 3.8) is 0 Å². The first-order valence-corrected chi connectivity index (χ1v) is 11.1. The van der Waals surface area contributed by atoms with Crippen molar-refractivity contribution >= 4 is 23.6 Å². The Morgan fingerprint density at radius 3 is 2.83 bits per heavy atom. The van der Waals surface area contributed by atoms with Crippen molar-refractivity contribution in [1.82, 2.24) is 4.90 Å². The molecule has 4 atom stereocenters. The summed E-state index contributed by atoms with van der Waals surface area (Å²) < 4.78 is 28.0. The van der Waals surface area contributed by atoms with Crippen molar-refractivity contribution < 1.29 is 28.6 Å². The van der Waals surface area contributed by atoms with Crippen LogP contribution in [0.2, 0.25) is 0 Å². The van der Waals surface area contributed by atoms with Crippen LogP contribution in [0, 0.1) is 17.8 Å². The minimum absolute atomic E-state index is 0.139. The van der Waals surface area contributed by atoms with Crippen LogP contribution in [-0.2, 0) is 9.59 Å². The lowest BCUT2D eigenvalue weighted by Crippen LogP contribution is -2.36. The van der Waals surface area contributed by atoms with E-state index in [-0.39, 0.29) is 12.5 Å². The molecule has 0 aliphatic carbocycles. The maximum absolute atomic E-state index is 14.0. The second-order valence-corrected chi connectivity index (χ2v) is 9.02. The molecule has 1 fully saturated rings. The van der Waals surface area contributed by atoms with Gasteiger partial charge < -0.3 is 15.1 Å². The fraction of sp³-hybridized carbons (Fsp3) is 0.636. The van der Waals surface area contributed by atoms with Gasteiger partial charge in [-0.3, -0.25) is 9.59 Å². The summed E-state index contributed by atoms with van der Waals surface area (Å²) in [5, 5.41) is 18.8. The number of alkyl halides is 2. The van der Waals surface area contributed by atoms with Crippen LogP contribution in [0.25, 0.3) is 0 Å². The molecule has 8 heteroatoms. The van der Waals surface area contributed by atoms with Crippen molar-refractivity contribution in [2.75, 3.05) is 6.54 Å². The van der Waals surface area contributed by atoms with Crippen LogP contribution in [0.1, 0.15) is 52.4 Å². The van der Waals surface area contributed by atoms with Gasteiger partial charge in [0, 0.05) is 25.8 Å². The lowest BCUT2D eigenvalue weighted by atomic mass is 9.99. The number of carboxylic acids is 1. The number of thioether (sulfide) groups is 1. The smallest absolute Gasteiger partial charge is 0.327 e. The molecule has 166 valence electrons. The fourth-order valence-electron chi connectivity index (χ4n) is 3.42. The van der Waals surface area contributed by atoms with E-state index in [9.17, 15) is 23.5 Å². The van der Waals surface area contributed by atoms with E-state index in [0.29, 0.717) is 25.7 Å². The molecule has 2 rings (SSSR count). The van der Waals surface area contributed by atoms with Gasteiger partial charge in [0.25, 0.3) is 5.91 Å². The first kappa shape index (κ1) is 24.4. The van der Waals surface area contributed by atoms with Gasteiger partial charge in [0.2, 0.25) is 0 Å². The summed E-state index contributed by atoms with van der Waals surface area (Å²) in [4.78, 5) is 25.2. The molecular formula is C22H29F2NO4S. The molecule has 2 heterocycles. The van der Waals surface area contributed by atoms with E-state index >= 15 is 0 Å². The zero-order chi connectivity index (χ0) is 22.3. The summed E-state index contributed by atoms with van der Waals surface area (Å²) in [6.07, 6.45) is 6.15. The number of aliphatic hydroxyl groups is 1. The van der Waals surface area contributed by atoms with Crippen molar-refractivity contribution in [1.29, 1.82) is 0 Å². The third-order valence-corrected chi connectivity index (χ3v) is 6.58. The second kappa shape index (κ2) is 11.0. The number of hydrogen-bond donors (Lipinski definition) is 2. The van der Waals surface area contributed by atoms with Crippen molar-refractivity contribution in [2.24, 2.45) is 5.92 Å². The average Bonchev–Trinajstić information content (AvgIpc) is 3.24. The molecule has 0 radical (unpaired) electrons. The van der Waals surface area contributed by atoms with Crippen molar-refractivity contribution in [3.8, 4) is 11.8 Å². The topological polar surface area (TPSA) is 77.8 Å². The third-order valence-electron chi connectivity index (χ3n) is 5.23. The number of amides is 1. The zero-order valence-electron chi connectivity index (χ0n) is 17.3. The third kappa shape index (κ3) is 6.58. The van der Waals surface area contributed by atoms with E-state index in [1.165, 1.54) is 28.8 Å². The van der Waals surface area contributed by atoms with Gasteiger partial charge in [-0.1, -0.05) is 32.1 Å². The highest BCUT2D eigenvalue weighted by molar-refractivity contribution is 8.04. The van der Waals surface area contributed by atoms with Gasteiger partial charge >= 0.3 is 11.9 Å². The molecule has 0 saturated carbocycles. The number of hydrogen-bond acceptors (Lipinski definition) is 4. The Labute approximate surface area is 180 Å². The maximum atomic E-state index is 14.0. The maximum Gasteiger partial charge on any atom is 0.327 e. The minimum Gasteiger partial charge on any atom is -0.480 e. The van der Waals surface area contributed by atoms with E-state index in [4.69, 9.17) is 5.11 Å². The highest BCUT2D eigenvalue weighted by atomic mass is 32.2. The molecule has 0 aromatic carbocycles. The van der Waals surface area contributed by atoms with Gasteiger partial charge in [-0.05, 0) is 30.1 Å². The van der Waals surface area contributed by atoms with Crippen LogP contribution in [0.4, 0.5) is 8.78 Å². The van der Waals surface area contributed by atoms with E-state index in [1.54, 1.807) is 0 Å². The quantitative estimate of drug-likeness (QED) is 0.420. The minimum atomic E-state index is -3.41. The van der Waals surface area contributed by atoms with Gasteiger partial charge in [0.1, 0.15) is 5.25 Å². The highest BCUT2D eigenvalue weighted by Crippen LogP contribution is 2.37. The summed E-state index contributed by atoms with van der Waals surface area (Å²) in [5.74, 6) is 0.299. The first-order valence-electron chi connectivity index (χ1n) is 10.2. The van der Waals surface area contributed by atoms with Crippen LogP contribution in [-0.4, -0.2) is 56.9 Å². The monoisotopic (exact) mass is 441 g/mol. The SMILES string of the molecule is CCC#CC[C@H](C)[C@H](O)/C=C/[C@H]1CC(F)(F)C(=O)N1CCCC1=CCC(C(=O)O)S1. The number of carboxylic acid groups (broad SMARTS) is 1. The van der Waals surface area contributed by atoms with E-state index in [1.807, 2.05) is 19.9 Å². The number of carbonyl (C=O) groups excluding carboxylic acids is 1. The summed E-state index contributed by atoms with van der Waals surface area (Å²) in [6.45, 7) is 3.93. The lowest BCUT2D eigenvalue weighted by molar-refractivity contribution is -0.148. The van der Waals surface area contributed by atoms with Crippen LogP contribution in [0.3, 0.4) is 0 Å². The summed E-state index contributed by atoms with van der Waals surface area (Å²) in [5.41, 5.74) is 0. The van der Waals surface area contributed by atoms with Crippen LogP contribution in [0.5, 0.6) is 0 Å². The number of allylic oxidation sites excluding steroid dienone is 2. The van der Waals surface area contributed by atoms with Gasteiger partial charge in [0.05, 0.1) is 12.1 Å². The lowest BCUT2D eigenvalue weighted by Gasteiger charge is -2.22. The predicted molar refractivity (Wildman–Crippen MR) is 113 cm³/mol. The summed E-state index contributed by atoms with van der Waals surface area (Å²) in [6, 6.07) is -0.770. The Morgan fingerprint density at radius 1 is 1.47 bits per heavy atom. The molecule has 0 aromatic rings. The fourth-order valence-corrected chi connectivity index (χ4v) is 4.54. The molecule has 1 unspecified atom stereocenters. The molecule has 1 saturated heterocycles. The summed E-state index contributed by atoms with van der Waals surface area (Å²) >= 11 is 1.28. The number of rotatable bonds is 9. The van der Waals surface area contributed by atoms with Gasteiger partial charge in [-0.15, -0.1) is 23.6 Å². The van der Waals surface area contributed by atoms with Crippen LogP contribution in [0.15, 0.2) is 23.1 Å². The zero-order valence-corrected chi connectivity index (χ0v) is 18.1. The molecule has 2 aliphatic rings. The van der Waals surface area contributed by atoms with Gasteiger partial charge in [0.15, 0.2) is 0 Å². The molecular weight excluding hydrogens is 412 g/mol. The number of likely N-dealkylation sites (tertiary alicyclic amines) is 1. The van der Waals surface area contributed by atoms with E-state index in [0.717, 1.165) is 11.3 Å². The molecule has 1 amide bonds. The number of aliphatic carboxylic acids is 1. The molecule has 2 N–H and O–H groups in total. The molecule has 2 aliphatic heterocycles. The van der Waals surface area contributed by atoms with Gasteiger partial charge in [-0.25, -0.2) is 0 Å². The molecule has 5 nitrogen and oxygen atoms in total.